The molecule has 9 heteroatoms. The molecule has 178 valence electrons. The van der Waals surface area contributed by atoms with Crippen LogP contribution in [0.15, 0.2) is 42.7 Å². The first kappa shape index (κ1) is 23.5. The molecular formula is C25H29FN6O2. The number of pyridine rings is 2. The van der Waals surface area contributed by atoms with Crippen molar-refractivity contribution < 1.29 is 13.9 Å². The van der Waals surface area contributed by atoms with Crippen LogP contribution in [0.5, 0.6) is 5.75 Å². The van der Waals surface area contributed by atoms with Crippen LogP contribution < -0.4 is 15.4 Å². The summed E-state index contributed by atoms with van der Waals surface area (Å²) in [5, 5.41) is 0. The van der Waals surface area contributed by atoms with E-state index in [0.717, 1.165) is 42.6 Å². The standard InChI is InChI=1S/C25H29FN6O2/c1-17-19-16-29-25(21-8-5-6-11-28-21)30-20(19)10-12-32(17)24-15-18(14-22(26)31-24)34-13-7-3-2-4-9-23(27)33/h5-6,8,11,14-17H,2-4,7,9-10,12-13H2,1H3,(H2,27,33). The van der Waals surface area contributed by atoms with E-state index in [1.807, 2.05) is 36.2 Å². The van der Waals surface area contributed by atoms with E-state index in [9.17, 15) is 9.18 Å². The van der Waals surface area contributed by atoms with E-state index in [-0.39, 0.29) is 11.9 Å². The third-order valence-electron chi connectivity index (χ3n) is 5.94. The number of anilines is 1. The second kappa shape index (κ2) is 11.0. The van der Waals surface area contributed by atoms with Crippen LogP contribution in [0.3, 0.4) is 0 Å². The first-order valence-electron chi connectivity index (χ1n) is 11.6. The highest BCUT2D eigenvalue weighted by Crippen LogP contribution is 2.33. The summed E-state index contributed by atoms with van der Waals surface area (Å²) in [6.07, 6.45) is 8.10. The molecule has 0 radical (unpaired) electrons. The molecule has 4 heterocycles. The Bertz CT molecular complexity index is 1130. The summed E-state index contributed by atoms with van der Waals surface area (Å²) in [6.45, 7) is 3.17. The van der Waals surface area contributed by atoms with Gasteiger partial charge in [0.05, 0.1) is 18.3 Å². The first-order valence-corrected chi connectivity index (χ1v) is 11.6. The molecule has 0 bridgehead atoms. The molecule has 3 aromatic rings. The lowest BCUT2D eigenvalue weighted by Crippen LogP contribution is -2.35. The maximum Gasteiger partial charge on any atom is 0.218 e. The van der Waals surface area contributed by atoms with E-state index in [1.54, 1.807) is 12.3 Å². The second-order valence-corrected chi connectivity index (χ2v) is 8.39. The van der Waals surface area contributed by atoms with Crippen LogP contribution in [0.2, 0.25) is 0 Å². The average Bonchev–Trinajstić information content (AvgIpc) is 2.83. The largest absolute Gasteiger partial charge is 0.493 e. The highest BCUT2D eigenvalue weighted by Gasteiger charge is 2.27. The molecule has 34 heavy (non-hydrogen) atoms. The van der Waals surface area contributed by atoms with E-state index in [2.05, 4.69) is 15.0 Å². The van der Waals surface area contributed by atoms with E-state index in [4.69, 9.17) is 15.5 Å². The Hall–Kier alpha value is -3.62. The molecule has 8 nitrogen and oxygen atoms in total. The first-order chi connectivity index (χ1) is 16.5. The monoisotopic (exact) mass is 464 g/mol. The number of hydrogen-bond donors (Lipinski definition) is 1. The topological polar surface area (TPSA) is 107 Å². The Labute approximate surface area is 198 Å². The quantitative estimate of drug-likeness (QED) is 0.357. The van der Waals surface area contributed by atoms with E-state index < -0.39 is 5.95 Å². The molecule has 0 aromatic carbocycles. The van der Waals surface area contributed by atoms with Gasteiger partial charge >= 0.3 is 0 Å². The maximum absolute atomic E-state index is 14.3. The van der Waals surface area contributed by atoms with Gasteiger partial charge in [0.2, 0.25) is 11.9 Å². The van der Waals surface area contributed by atoms with Gasteiger partial charge in [-0.2, -0.15) is 4.39 Å². The van der Waals surface area contributed by atoms with Crippen molar-refractivity contribution in [1.82, 2.24) is 19.9 Å². The van der Waals surface area contributed by atoms with Gasteiger partial charge in [-0.05, 0) is 31.9 Å². The number of nitrogens with two attached hydrogens (primary N) is 1. The number of nitrogens with zero attached hydrogens (tertiary/aromatic N) is 5. The summed E-state index contributed by atoms with van der Waals surface area (Å²) in [5.41, 5.74) is 7.86. The van der Waals surface area contributed by atoms with Crippen molar-refractivity contribution in [1.29, 1.82) is 0 Å². The lowest BCUT2D eigenvalue weighted by Gasteiger charge is -2.35. The maximum atomic E-state index is 14.3. The summed E-state index contributed by atoms with van der Waals surface area (Å²) in [5.74, 6) is 0.747. The highest BCUT2D eigenvalue weighted by atomic mass is 19.1. The van der Waals surface area contributed by atoms with Gasteiger partial charge in [-0.15, -0.1) is 0 Å². The molecule has 1 unspecified atom stereocenters. The molecule has 1 aliphatic heterocycles. The Morgan fingerprint density at radius 2 is 2.03 bits per heavy atom. The third-order valence-corrected chi connectivity index (χ3v) is 5.94. The number of rotatable bonds is 10. The zero-order chi connectivity index (χ0) is 23.9. The number of carbonyl (C=O) groups is 1. The highest BCUT2D eigenvalue weighted by molar-refractivity contribution is 5.73. The number of ether oxygens (including phenoxy) is 1. The normalized spacial score (nSPS) is 15.1. The predicted molar refractivity (Wildman–Crippen MR) is 127 cm³/mol. The zero-order valence-electron chi connectivity index (χ0n) is 19.3. The number of primary amides is 1. The smallest absolute Gasteiger partial charge is 0.218 e. The molecule has 3 aromatic heterocycles. The van der Waals surface area contributed by atoms with E-state index in [0.29, 0.717) is 43.4 Å². The Morgan fingerprint density at radius 3 is 2.82 bits per heavy atom. The van der Waals surface area contributed by atoms with Crippen molar-refractivity contribution in [2.75, 3.05) is 18.1 Å². The second-order valence-electron chi connectivity index (χ2n) is 8.39. The molecule has 2 N–H and O–H groups in total. The van der Waals surface area contributed by atoms with Crippen LogP contribution in [-0.2, 0) is 11.2 Å². The fourth-order valence-electron chi connectivity index (χ4n) is 4.13. The van der Waals surface area contributed by atoms with Crippen molar-refractivity contribution in [3.8, 4) is 17.3 Å². The minimum absolute atomic E-state index is 0.0612. The fraction of sp³-hybridized carbons (Fsp3) is 0.400. The van der Waals surface area contributed by atoms with Crippen molar-refractivity contribution in [2.45, 2.75) is 51.5 Å². The van der Waals surface area contributed by atoms with Gasteiger partial charge in [-0.1, -0.05) is 18.9 Å². The van der Waals surface area contributed by atoms with Crippen LogP contribution in [-0.4, -0.2) is 39.0 Å². The van der Waals surface area contributed by atoms with E-state index >= 15 is 0 Å². The number of halogens is 1. The van der Waals surface area contributed by atoms with Gasteiger partial charge in [0.1, 0.15) is 17.3 Å². The summed E-state index contributed by atoms with van der Waals surface area (Å²) in [4.78, 5) is 30.5. The number of unbranched alkanes of at least 4 members (excludes halogenated alkanes) is 3. The summed E-state index contributed by atoms with van der Waals surface area (Å²) >= 11 is 0. The minimum atomic E-state index is -0.575. The zero-order valence-corrected chi connectivity index (χ0v) is 19.3. The van der Waals surface area contributed by atoms with E-state index in [1.165, 1.54) is 6.07 Å². The molecule has 0 saturated carbocycles. The summed E-state index contributed by atoms with van der Waals surface area (Å²) in [7, 11) is 0. The van der Waals surface area contributed by atoms with Crippen LogP contribution in [0.1, 0.15) is 56.3 Å². The Kier molecular flexibility index (Phi) is 7.61. The lowest BCUT2D eigenvalue weighted by atomic mass is 9.99. The van der Waals surface area contributed by atoms with Crippen molar-refractivity contribution in [3.63, 3.8) is 0 Å². The number of carbonyl (C=O) groups excluding carboxylic acids is 1. The molecule has 1 amide bonds. The van der Waals surface area contributed by atoms with Crippen LogP contribution in [0.25, 0.3) is 11.5 Å². The van der Waals surface area contributed by atoms with Crippen LogP contribution >= 0.6 is 0 Å². The molecule has 1 atom stereocenters. The number of fused-ring (bicyclic) bond motifs is 1. The average molecular weight is 465 g/mol. The lowest BCUT2D eigenvalue weighted by molar-refractivity contribution is -0.118. The van der Waals surface area contributed by atoms with Crippen LogP contribution in [0, 0.1) is 5.95 Å². The number of aromatic nitrogens is 4. The molecule has 4 rings (SSSR count). The van der Waals surface area contributed by atoms with Gasteiger partial charge < -0.3 is 15.4 Å². The number of amides is 1. The Morgan fingerprint density at radius 1 is 1.18 bits per heavy atom. The van der Waals surface area contributed by atoms with Crippen LogP contribution in [0.4, 0.5) is 10.2 Å². The number of hydrogen-bond acceptors (Lipinski definition) is 7. The summed E-state index contributed by atoms with van der Waals surface area (Å²) in [6, 6.07) is 8.68. The Balaban J connectivity index is 1.40. The molecule has 0 saturated heterocycles. The molecule has 1 aliphatic rings. The van der Waals surface area contributed by atoms with Crippen molar-refractivity contribution >= 4 is 11.7 Å². The van der Waals surface area contributed by atoms with Gasteiger partial charge in [0.15, 0.2) is 5.82 Å². The molecule has 0 aliphatic carbocycles. The van der Waals surface area contributed by atoms with Gasteiger partial charge in [0.25, 0.3) is 0 Å². The molecule has 0 fully saturated rings. The SMILES string of the molecule is CC1c2cnc(-c3ccccn3)nc2CCN1c1cc(OCCCCCCC(N)=O)cc(F)n1. The summed E-state index contributed by atoms with van der Waals surface area (Å²) < 4.78 is 20.1. The minimum Gasteiger partial charge on any atom is -0.493 e. The van der Waals surface area contributed by atoms with Gasteiger partial charge in [-0.3, -0.25) is 9.78 Å². The van der Waals surface area contributed by atoms with Crippen molar-refractivity contribution in [3.05, 3.63) is 59.9 Å². The van der Waals surface area contributed by atoms with Gasteiger partial charge in [0, 0.05) is 49.5 Å². The molecule has 0 spiro atoms. The third kappa shape index (κ3) is 5.84. The predicted octanol–water partition coefficient (Wildman–Crippen LogP) is 4.01. The van der Waals surface area contributed by atoms with Crippen molar-refractivity contribution in [2.24, 2.45) is 5.73 Å². The molecular weight excluding hydrogens is 435 g/mol. The van der Waals surface area contributed by atoms with Gasteiger partial charge in [-0.25, -0.2) is 15.0 Å². The fourth-order valence-corrected chi connectivity index (χ4v) is 4.13.